The van der Waals surface area contributed by atoms with Crippen LogP contribution in [0, 0.1) is 10.1 Å². The number of hydrogen-bond donors (Lipinski definition) is 0. The molecule has 2 aromatic carbocycles. The Bertz CT molecular complexity index is 905. The number of fused-ring (bicyclic) bond motifs is 1. The van der Waals surface area contributed by atoms with E-state index < -0.39 is 20.5 Å². The molecule has 1 aliphatic rings. The van der Waals surface area contributed by atoms with Crippen LogP contribution in [0.25, 0.3) is 5.57 Å². The Morgan fingerprint density at radius 2 is 1.83 bits per heavy atom. The fourth-order valence-electron chi connectivity index (χ4n) is 2.33. The van der Waals surface area contributed by atoms with Gasteiger partial charge in [-0.05, 0) is 29.8 Å². The van der Waals surface area contributed by atoms with E-state index in [0.29, 0.717) is 23.3 Å². The summed E-state index contributed by atoms with van der Waals surface area (Å²) in [5.74, 6) is 0.460. The summed E-state index contributed by atoms with van der Waals surface area (Å²) < 4.78 is 35.5. The molecule has 0 spiro atoms. The van der Waals surface area contributed by atoms with Gasteiger partial charge in [-0.25, -0.2) is 8.42 Å². The summed E-state index contributed by atoms with van der Waals surface area (Å²) in [6.07, 6.45) is 0.706. The second-order valence-electron chi connectivity index (χ2n) is 5.08. The lowest BCUT2D eigenvalue weighted by atomic mass is 10.1. The van der Waals surface area contributed by atoms with Gasteiger partial charge in [0, 0.05) is 5.57 Å². The van der Waals surface area contributed by atoms with E-state index in [1.54, 1.807) is 30.3 Å². The van der Waals surface area contributed by atoms with Crippen LogP contribution in [0.2, 0.25) is 0 Å². The number of rotatable bonds is 5. The maximum atomic E-state index is 12.5. The van der Waals surface area contributed by atoms with Crippen molar-refractivity contribution in [1.29, 1.82) is 0 Å². The molecule has 0 aliphatic carbocycles. The highest BCUT2D eigenvalue weighted by molar-refractivity contribution is 7.91. The van der Waals surface area contributed by atoms with Crippen molar-refractivity contribution < 1.29 is 22.8 Å². The molecule has 1 aliphatic heterocycles. The maximum Gasteiger partial charge on any atom is 0.239 e. The van der Waals surface area contributed by atoms with Crippen LogP contribution in [-0.2, 0) is 9.84 Å². The first-order valence-corrected chi connectivity index (χ1v) is 8.63. The summed E-state index contributed by atoms with van der Waals surface area (Å²) in [4.78, 5) is 10.4. The molecule has 0 saturated heterocycles. The number of ether oxygens (including phenoxy) is 2. The Morgan fingerprint density at radius 1 is 1.12 bits per heavy atom. The summed E-state index contributed by atoms with van der Waals surface area (Å²) in [6, 6.07) is 12.5. The normalized spacial score (nSPS) is 13.8. The maximum absolute atomic E-state index is 12.5. The third-order valence-electron chi connectivity index (χ3n) is 3.45. The number of hydrogen-bond acceptors (Lipinski definition) is 6. The van der Waals surface area contributed by atoms with Crippen molar-refractivity contribution >= 4 is 15.4 Å². The third-order valence-corrected chi connectivity index (χ3v) is 5.13. The molecule has 0 unspecified atom stereocenters. The Labute approximate surface area is 138 Å². The van der Waals surface area contributed by atoms with Crippen molar-refractivity contribution in [2.24, 2.45) is 0 Å². The Hall–Kier alpha value is -2.87. The predicted octanol–water partition coefficient (Wildman–Crippen LogP) is 2.51. The minimum atomic E-state index is -3.71. The fraction of sp³-hybridized carbons (Fsp3) is 0.125. The van der Waals surface area contributed by atoms with Crippen LogP contribution in [0.15, 0.2) is 59.6 Å². The summed E-state index contributed by atoms with van der Waals surface area (Å²) in [5, 5.41) is 10.9. The van der Waals surface area contributed by atoms with Gasteiger partial charge in [-0.15, -0.1) is 0 Å². The van der Waals surface area contributed by atoms with E-state index in [0.717, 1.165) is 0 Å². The van der Waals surface area contributed by atoms with Crippen molar-refractivity contribution in [1.82, 2.24) is 0 Å². The highest BCUT2D eigenvalue weighted by Gasteiger charge is 2.22. The molecule has 8 heteroatoms. The number of benzene rings is 2. The lowest BCUT2D eigenvalue weighted by Crippen LogP contribution is -2.09. The van der Waals surface area contributed by atoms with E-state index in [2.05, 4.69) is 0 Å². The first-order chi connectivity index (χ1) is 11.5. The van der Waals surface area contributed by atoms with Crippen LogP contribution >= 0.6 is 0 Å². The molecular formula is C16H13NO6S. The first-order valence-electron chi connectivity index (χ1n) is 6.98. The number of nitro groups is 1. The van der Waals surface area contributed by atoms with Crippen LogP contribution in [0.3, 0.4) is 0 Å². The minimum Gasteiger partial charge on any atom is -0.454 e. The zero-order chi connectivity index (χ0) is 17.2. The van der Waals surface area contributed by atoms with Crippen molar-refractivity contribution in [2.45, 2.75) is 4.90 Å². The quantitative estimate of drug-likeness (QED) is 0.609. The van der Waals surface area contributed by atoms with E-state index in [-0.39, 0.29) is 17.3 Å². The zero-order valence-electron chi connectivity index (χ0n) is 12.4. The van der Waals surface area contributed by atoms with E-state index >= 15 is 0 Å². The van der Waals surface area contributed by atoms with Gasteiger partial charge < -0.3 is 9.47 Å². The topological polar surface area (TPSA) is 95.7 Å². The standard InChI is InChI=1S/C16H13NO6S/c18-17(19)9-13(10-24(20,21)14-4-2-1-3-5-14)12-6-7-15-16(8-12)23-11-22-15/h1-9H,10-11H2/b13-9-. The summed E-state index contributed by atoms with van der Waals surface area (Å²) in [7, 11) is -3.71. The molecule has 2 aromatic rings. The highest BCUT2D eigenvalue weighted by atomic mass is 32.2. The summed E-state index contributed by atoms with van der Waals surface area (Å²) >= 11 is 0. The number of nitrogens with zero attached hydrogens (tertiary/aromatic N) is 1. The number of sulfone groups is 1. The van der Waals surface area contributed by atoms with Gasteiger partial charge in [-0.2, -0.15) is 0 Å². The molecule has 1 heterocycles. The second-order valence-corrected chi connectivity index (χ2v) is 7.07. The summed E-state index contributed by atoms with van der Waals surface area (Å²) in [6.45, 7) is 0.0649. The Kier molecular flexibility index (Phi) is 4.22. The van der Waals surface area contributed by atoms with E-state index in [1.807, 2.05) is 0 Å². The monoisotopic (exact) mass is 347 g/mol. The molecule has 0 atom stereocenters. The second kappa shape index (κ2) is 6.32. The van der Waals surface area contributed by atoms with Crippen molar-refractivity contribution in [3.8, 4) is 11.5 Å². The lowest BCUT2D eigenvalue weighted by Gasteiger charge is -2.08. The van der Waals surface area contributed by atoms with Crippen molar-refractivity contribution in [3.05, 3.63) is 70.4 Å². The molecule has 24 heavy (non-hydrogen) atoms. The molecule has 0 aromatic heterocycles. The summed E-state index contributed by atoms with van der Waals surface area (Å²) in [5.41, 5.74) is 0.470. The van der Waals surface area contributed by atoms with E-state index in [4.69, 9.17) is 9.47 Å². The molecule has 7 nitrogen and oxygen atoms in total. The molecule has 3 rings (SSSR count). The van der Waals surface area contributed by atoms with Gasteiger partial charge in [0.2, 0.25) is 13.0 Å². The average Bonchev–Trinajstić information content (AvgIpc) is 3.02. The predicted molar refractivity (Wildman–Crippen MR) is 86.0 cm³/mol. The van der Waals surface area contributed by atoms with Crippen LogP contribution in [0.1, 0.15) is 5.56 Å². The van der Waals surface area contributed by atoms with Gasteiger partial charge in [0.15, 0.2) is 21.3 Å². The van der Waals surface area contributed by atoms with E-state index in [1.165, 1.54) is 18.2 Å². The van der Waals surface area contributed by atoms with Crippen molar-refractivity contribution in [3.63, 3.8) is 0 Å². The van der Waals surface area contributed by atoms with Gasteiger partial charge >= 0.3 is 0 Å². The minimum absolute atomic E-state index is 0.0649. The molecule has 0 saturated carbocycles. The van der Waals surface area contributed by atoms with Crippen LogP contribution < -0.4 is 9.47 Å². The zero-order valence-corrected chi connectivity index (χ0v) is 13.2. The lowest BCUT2D eigenvalue weighted by molar-refractivity contribution is -0.401. The molecule has 0 amide bonds. The van der Waals surface area contributed by atoms with Gasteiger partial charge in [0.1, 0.15) is 0 Å². The van der Waals surface area contributed by atoms with Crippen molar-refractivity contribution in [2.75, 3.05) is 12.5 Å². The molecule has 0 fully saturated rings. The van der Waals surface area contributed by atoms with Crippen LogP contribution in [0.4, 0.5) is 0 Å². The fourth-order valence-corrected chi connectivity index (χ4v) is 3.72. The van der Waals surface area contributed by atoms with Gasteiger partial charge in [-0.3, -0.25) is 10.1 Å². The molecule has 0 bridgehead atoms. The Morgan fingerprint density at radius 3 is 2.54 bits per heavy atom. The molecule has 124 valence electrons. The Balaban J connectivity index is 1.98. The van der Waals surface area contributed by atoms with Crippen LogP contribution in [-0.4, -0.2) is 25.9 Å². The van der Waals surface area contributed by atoms with Gasteiger partial charge in [-0.1, -0.05) is 24.3 Å². The smallest absolute Gasteiger partial charge is 0.239 e. The average molecular weight is 347 g/mol. The van der Waals surface area contributed by atoms with E-state index in [9.17, 15) is 18.5 Å². The van der Waals surface area contributed by atoms with Crippen LogP contribution in [0.5, 0.6) is 11.5 Å². The van der Waals surface area contributed by atoms with Gasteiger partial charge in [0.25, 0.3) is 0 Å². The molecule has 0 N–H and O–H groups in total. The van der Waals surface area contributed by atoms with Gasteiger partial charge in [0.05, 0.1) is 15.6 Å². The molecular weight excluding hydrogens is 334 g/mol. The SMILES string of the molecule is O=[N+]([O-])/C=C(/CS(=O)(=O)c1ccccc1)c1ccc2c(c1)OCO2. The molecule has 0 radical (unpaired) electrons. The third kappa shape index (κ3) is 3.38. The largest absolute Gasteiger partial charge is 0.454 e. The highest BCUT2D eigenvalue weighted by Crippen LogP contribution is 2.35. The first kappa shape index (κ1) is 16.0.